The topological polar surface area (TPSA) is 68.7 Å². The van der Waals surface area contributed by atoms with Gasteiger partial charge in [-0.1, -0.05) is 11.6 Å². The fourth-order valence-corrected chi connectivity index (χ4v) is 3.61. The van der Waals surface area contributed by atoms with Crippen molar-refractivity contribution in [3.63, 3.8) is 0 Å². The first-order valence-corrected chi connectivity index (χ1v) is 10.2. The molecule has 8 heteroatoms. The lowest BCUT2D eigenvalue weighted by Gasteiger charge is -2.40. The first-order chi connectivity index (χ1) is 12.6. The third kappa shape index (κ3) is 5.82. The van der Waals surface area contributed by atoms with Crippen molar-refractivity contribution in [1.82, 2.24) is 9.88 Å². The van der Waals surface area contributed by atoms with Crippen molar-refractivity contribution in [1.29, 1.82) is 0 Å². The van der Waals surface area contributed by atoms with Crippen LogP contribution in [0.4, 0.5) is 4.79 Å². The summed E-state index contributed by atoms with van der Waals surface area (Å²) in [6.07, 6.45) is 0.994. The fourth-order valence-electron chi connectivity index (χ4n) is 3.08. The van der Waals surface area contributed by atoms with Crippen molar-refractivity contribution in [3.05, 3.63) is 27.5 Å². The first-order valence-electron chi connectivity index (χ1n) is 9.02. The molecule has 0 saturated carbocycles. The van der Waals surface area contributed by atoms with E-state index in [0.717, 1.165) is 4.47 Å². The lowest BCUT2D eigenvalue weighted by Crippen LogP contribution is -2.49. The summed E-state index contributed by atoms with van der Waals surface area (Å²) in [7, 11) is 0. The van der Waals surface area contributed by atoms with Crippen LogP contribution in [0.5, 0.6) is 0 Å². The Morgan fingerprint density at radius 3 is 2.48 bits per heavy atom. The molecular weight excluding hydrogens is 436 g/mol. The lowest BCUT2D eigenvalue weighted by atomic mass is 9.74. The van der Waals surface area contributed by atoms with Gasteiger partial charge in [-0.2, -0.15) is 0 Å². The highest BCUT2D eigenvalue weighted by Crippen LogP contribution is 2.38. The molecule has 0 bridgehead atoms. The zero-order chi connectivity index (χ0) is 20.2. The number of pyridine rings is 1. The van der Waals surface area contributed by atoms with Gasteiger partial charge in [0.1, 0.15) is 10.8 Å². The molecule has 1 aliphatic heterocycles. The van der Waals surface area contributed by atoms with E-state index in [1.807, 2.05) is 26.8 Å². The number of aromatic nitrogens is 1. The number of piperidine rings is 1. The highest BCUT2D eigenvalue weighted by molar-refractivity contribution is 9.10. The molecule has 1 aromatic heterocycles. The second-order valence-corrected chi connectivity index (χ2v) is 8.95. The maximum absolute atomic E-state index is 12.8. The van der Waals surface area contributed by atoms with E-state index in [-0.39, 0.29) is 12.1 Å². The van der Waals surface area contributed by atoms with Crippen LogP contribution in [0.15, 0.2) is 16.6 Å². The molecule has 1 saturated heterocycles. The van der Waals surface area contributed by atoms with Gasteiger partial charge in [-0.25, -0.2) is 9.78 Å². The molecule has 1 aliphatic rings. The number of hydrogen-bond donors (Lipinski definition) is 0. The van der Waals surface area contributed by atoms with E-state index < -0.39 is 11.0 Å². The van der Waals surface area contributed by atoms with Gasteiger partial charge in [0.05, 0.1) is 17.7 Å². The quantitative estimate of drug-likeness (QED) is 0.483. The summed E-state index contributed by atoms with van der Waals surface area (Å²) in [5.74, 6) is -0.262. The molecule has 0 radical (unpaired) electrons. The van der Waals surface area contributed by atoms with Crippen molar-refractivity contribution in [2.24, 2.45) is 5.41 Å². The number of ether oxygens (including phenoxy) is 2. The molecule has 1 aromatic rings. The average molecular weight is 462 g/mol. The Bertz CT molecular complexity index is 697. The van der Waals surface area contributed by atoms with Gasteiger partial charge in [0.2, 0.25) is 0 Å². The summed E-state index contributed by atoms with van der Waals surface area (Å²) >= 11 is 9.51. The Morgan fingerprint density at radius 2 is 1.93 bits per heavy atom. The fraction of sp³-hybridized carbons (Fsp3) is 0.632. The number of amides is 1. The number of likely N-dealkylation sites (tertiary alicyclic amines) is 1. The molecule has 1 fully saturated rings. The van der Waals surface area contributed by atoms with Gasteiger partial charge in [-0.3, -0.25) is 4.79 Å². The lowest BCUT2D eigenvalue weighted by molar-refractivity contribution is -0.158. The monoisotopic (exact) mass is 460 g/mol. The molecule has 0 unspecified atom stereocenters. The van der Waals surface area contributed by atoms with E-state index in [0.29, 0.717) is 49.8 Å². The van der Waals surface area contributed by atoms with Crippen LogP contribution in [0.1, 0.15) is 46.2 Å². The molecule has 2 heterocycles. The predicted octanol–water partition coefficient (Wildman–Crippen LogP) is 4.62. The van der Waals surface area contributed by atoms with Crippen molar-refractivity contribution < 1.29 is 19.1 Å². The Labute approximate surface area is 173 Å². The summed E-state index contributed by atoms with van der Waals surface area (Å²) in [5, 5.41) is 0.374. The SMILES string of the molecule is CCOC(=O)C1(Cc2nc(Cl)ccc2Br)CCN(C(=O)OC(C)(C)C)CC1. The standard InChI is InChI=1S/C19H26BrClN2O4/c1-5-26-16(24)19(12-14-13(20)6-7-15(21)22-14)8-10-23(11-9-19)17(25)27-18(2,3)4/h6-7H,5,8-12H2,1-4H3. The highest BCUT2D eigenvalue weighted by Gasteiger charge is 2.45. The van der Waals surface area contributed by atoms with Crippen molar-refractivity contribution in [2.75, 3.05) is 19.7 Å². The number of nitrogens with zero attached hydrogens (tertiary/aromatic N) is 2. The zero-order valence-electron chi connectivity index (χ0n) is 16.2. The van der Waals surface area contributed by atoms with Crippen LogP contribution in [0.2, 0.25) is 5.15 Å². The normalized spacial score (nSPS) is 16.7. The summed E-state index contributed by atoms with van der Waals surface area (Å²) in [6.45, 7) is 8.44. The molecule has 0 N–H and O–H groups in total. The summed E-state index contributed by atoms with van der Waals surface area (Å²) < 4.78 is 11.6. The minimum atomic E-state index is -0.741. The largest absolute Gasteiger partial charge is 0.466 e. The third-order valence-electron chi connectivity index (χ3n) is 4.47. The van der Waals surface area contributed by atoms with Crippen LogP contribution in [0.3, 0.4) is 0 Å². The molecule has 1 amide bonds. The number of hydrogen-bond acceptors (Lipinski definition) is 5. The van der Waals surface area contributed by atoms with Crippen LogP contribution in [0, 0.1) is 5.41 Å². The van der Waals surface area contributed by atoms with Gasteiger partial charge in [0.15, 0.2) is 0 Å². The molecule has 6 nitrogen and oxygen atoms in total. The highest BCUT2D eigenvalue weighted by atomic mass is 79.9. The van der Waals surface area contributed by atoms with Gasteiger partial charge in [-0.05, 0) is 68.6 Å². The Hall–Kier alpha value is -1.34. The van der Waals surface area contributed by atoms with E-state index in [2.05, 4.69) is 20.9 Å². The number of halogens is 2. The van der Waals surface area contributed by atoms with Crippen molar-refractivity contribution in [2.45, 2.75) is 52.6 Å². The zero-order valence-corrected chi connectivity index (χ0v) is 18.5. The van der Waals surface area contributed by atoms with Crippen LogP contribution in [0.25, 0.3) is 0 Å². The van der Waals surface area contributed by atoms with E-state index in [1.54, 1.807) is 17.9 Å². The Balaban J connectivity index is 2.18. The maximum Gasteiger partial charge on any atom is 0.410 e. The van der Waals surface area contributed by atoms with Gasteiger partial charge >= 0.3 is 12.1 Å². The Kier molecular flexibility index (Phi) is 7.14. The second-order valence-electron chi connectivity index (χ2n) is 7.71. The first kappa shape index (κ1) is 22.0. The predicted molar refractivity (Wildman–Crippen MR) is 107 cm³/mol. The van der Waals surface area contributed by atoms with E-state index in [9.17, 15) is 9.59 Å². The van der Waals surface area contributed by atoms with Gasteiger partial charge in [-0.15, -0.1) is 0 Å². The molecule has 0 spiro atoms. The summed E-state index contributed by atoms with van der Waals surface area (Å²) in [6, 6.07) is 3.51. The van der Waals surface area contributed by atoms with Crippen LogP contribution >= 0.6 is 27.5 Å². The molecule has 0 aliphatic carbocycles. The minimum absolute atomic E-state index is 0.262. The molecule has 27 heavy (non-hydrogen) atoms. The number of rotatable bonds is 4. The summed E-state index contributed by atoms with van der Waals surface area (Å²) in [4.78, 5) is 31.1. The van der Waals surface area contributed by atoms with E-state index in [4.69, 9.17) is 21.1 Å². The van der Waals surface area contributed by atoms with Gasteiger partial charge in [0, 0.05) is 24.0 Å². The molecule has 2 rings (SSSR count). The Morgan fingerprint density at radius 1 is 1.30 bits per heavy atom. The summed E-state index contributed by atoms with van der Waals surface area (Å²) in [5.41, 5.74) is -0.585. The molecular formula is C19H26BrClN2O4. The van der Waals surface area contributed by atoms with Crippen LogP contribution in [-0.4, -0.2) is 47.2 Å². The van der Waals surface area contributed by atoms with Gasteiger partial charge < -0.3 is 14.4 Å². The number of carbonyl (C=O) groups is 2. The third-order valence-corrected chi connectivity index (χ3v) is 5.40. The van der Waals surface area contributed by atoms with Crippen LogP contribution in [-0.2, 0) is 20.7 Å². The smallest absolute Gasteiger partial charge is 0.410 e. The number of esters is 1. The molecule has 150 valence electrons. The van der Waals surface area contributed by atoms with E-state index in [1.165, 1.54) is 0 Å². The maximum atomic E-state index is 12.8. The number of carbonyl (C=O) groups excluding carboxylic acids is 2. The average Bonchev–Trinajstić information content (AvgIpc) is 2.57. The molecule has 0 aromatic carbocycles. The van der Waals surface area contributed by atoms with Gasteiger partial charge in [0.25, 0.3) is 0 Å². The molecule has 0 atom stereocenters. The van der Waals surface area contributed by atoms with Crippen LogP contribution < -0.4 is 0 Å². The second kappa shape index (κ2) is 8.78. The van der Waals surface area contributed by atoms with Crippen molar-refractivity contribution >= 4 is 39.6 Å². The minimum Gasteiger partial charge on any atom is -0.466 e. The van der Waals surface area contributed by atoms with E-state index >= 15 is 0 Å². The van der Waals surface area contributed by atoms with Crippen molar-refractivity contribution in [3.8, 4) is 0 Å².